The van der Waals surface area contributed by atoms with Gasteiger partial charge in [0.05, 0.1) is 19.9 Å². The SMILES string of the molecule is COc1ccc(NC(=O)CCNc2ccccc2C)c(OC)c1. The minimum Gasteiger partial charge on any atom is -0.497 e. The van der Waals surface area contributed by atoms with Crippen LogP contribution in [0.5, 0.6) is 11.5 Å². The molecule has 0 spiro atoms. The van der Waals surface area contributed by atoms with E-state index in [1.165, 1.54) is 0 Å². The predicted molar refractivity (Wildman–Crippen MR) is 92.5 cm³/mol. The van der Waals surface area contributed by atoms with Crippen molar-refractivity contribution in [1.82, 2.24) is 0 Å². The van der Waals surface area contributed by atoms with E-state index in [1.54, 1.807) is 32.4 Å². The minimum absolute atomic E-state index is 0.0745. The smallest absolute Gasteiger partial charge is 0.226 e. The second-order valence-electron chi connectivity index (χ2n) is 5.11. The van der Waals surface area contributed by atoms with E-state index in [9.17, 15) is 4.79 Å². The molecule has 0 aromatic heterocycles. The molecule has 0 radical (unpaired) electrons. The van der Waals surface area contributed by atoms with Gasteiger partial charge in [-0.1, -0.05) is 18.2 Å². The molecule has 0 aliphatic carbocycles. The highest BCUT2D eigenvalue weighted by atomic mass is 16.5. The van der Waals surface area contributed by atoms with E-state index < -0.39 is 0 Å². The van der Waals surface area contributed by atoms with Gasteiger partial charge in [0, 0.05) is 24.7 Å². The van der Waals surface area contributed by atoms with Crippen LogP contribution in [-0.2, 0) is 4.79 Å². The van der Waals surface area contributed by atoms with Crippen molar-refractivity contribution in [2.75, 3.05) is 31.4 Å². The third kappa shape index (κ3) is 4.64. The molecule has 122 valence electrons. The van der Waals surface area contributed by atoms with E-state index in [2.05, 4.69) is 10.6 Å². The molecule has 2 aromatic carbocycles. The zero-order valence-electron chi connectivity index (χ0n) is 13.7. The van der Waals surface area contributed by atoms with Gasteiger partial charge in [0.25, 0.3) is 0 Å². The summed E-state index contributed by atoms with van der Waals surface area (Å²) in [6, 6.07) is 13.3. The van der Waals surface area contributed by atoms with Gasteiger partial charge in [0.1, 0.15) is 11.5 Å². The molecule has 23 heavy (non-hydrogen) atoms. The normalized spacial score (nSPS) is 10.0. The number of ether oxygens (including phenoxy) is 2. The molecular weight excluding hydrogens is 292 g/mol. The van der Waals surface area contributed by atoms with Crippen LogP contribution in [0.4, 0.5) is 11.4 Å². The molecule has 0 saturated carbocycles. The lowest BCUT2D eigenvalue weighted by Crippen LogP contribution is -2.17. The molecular formula is C18H22N2O3. The van der Waals surface area contributed by atoms with Crippen LogP contribution in [0, 0.1) is 6.92 Å². The summed E-state index contributed by atoms with van der Waals surface area (Å²) < 4.78 is 10.4. The van der Waals surface area contributed by atoms with Crippen molar-refractivity contribution in [2.45, 2.75) is 13.3 Å². The van der Waals surface area contributed by atoms with Crippen molar-refractivity contribution >= 4 is 17.3 Å². The molecule has 0 bridgehead atoms. The van der Waals surface area contributed by atoms with Gasteiger partial charge in [-0.3, -0.25) is 4.79 Å². The van der Waals surface area contributed by atoms with Gasteiger partial charge in [-0.15, -0.1) is 0 Å². The maximum Gasteiger partial charge on any atom is 0.226 e. The number of anilines is 2. The average Bonchev–Trinajstić information content (AvgIpc) is 2.57. The van der Waals surface area contributed by atoms with Crippen molar-refractivity contribution in [3.63, 3.8) is 0 Å². The molecule has 2 aromatic rings. The highest BCUT2D eigenvalue weighted by Gasteiger charge is 2.09. The predicted octanol–water partition coefficient (Wildman–Crippen LogP) is 3.45. The first-order valence-electron chi connectivity index (χ1n) is 7.45. The minimum atomic E-state index is -0.0745. The standard InChI is InChI=1S/C18H22N2O3/c1-13-6-4-5-7-15(13)19-11-10-18(21)20-16-9-8-14(22-2)12-17(16)23-3/h4-9,12,19H,10-11H2,1-3H3,(H,20,21). The Kier molecular flexibility index (Phi) is 5.86. The van der Waals surface area contributed by atoms with Crippen LogP contribution in [0.15, 0.2) is 42.5 Å². The fourth-order valence-electron chi connectivity index (χ4n) is 2.20. The van der Waals surface area contributed by atoms with E-state index in [0.717, 1.165) is 11.3 Å². The van der Waals surface area contributed by atoms with Crippen LogP contribution >= 0.6 is 0 Å². The van der Waals surface area contributed by atoms with Gasteiger partial charge >= 0.3 is 0 Å². The van der Waals surface area contributed by atoms with Crippen molar-refractivity contribution in [3.05, 3.63) is 48.0 Å². The summed E-state index contributed by atoms with van der Waals surface area (Å²) in [7, 11) is 3.15. The van der Waals surface area contributed by atoms with E-state index in [0.29, 0.717) is 30.2 Å². The summed E-state index contributed by atoms with van der Waals surface area (Å²) in [4.78, 5) is 12.1. The molecule has 1 amide bonds. The van der Waals surface area contributed by atoms with Crippen molar-refractivity contribution in [2.24, 2.45) is 0 Å². The Morgan fingerprint density at radius 3 is 2.52 bits per heavy atom. The molecule has 0 unspecified atom stereocenters. The number of benzene rings is 2. The first-order chi connectivity index (χ1) is 11.1. The fraction of sp³-hybridized carbons (Fsp3) is 0.278. The molecule has 2 N–H and O–H groups in total. The van der Waals surface area contributed by atoms with E-state index >= 15 is 0 Å². The molecule has 0 heterocycles. The van der Waals surface area contributed by atoms with E-state index in [4.69, 9.17) is 9.47 Å². The zero-order chi connectivity index (χ0) is 16.7. The molecule has 5 heteroatoms. The maximum absolute atomic E-state index is 12.1. The van der Waals surface area contributed by atoms with Crippen LogP contribution in [0.3, 0.4) is 0 Å². The number of carbonyl (C=O) groups excluding carboxylic acids is 1. The third-order valence-electron chi connectivity index (χ3n) is 3.50. The summed E-state index contributed by atoms with van der Waals surface area (Å²) >= 11 is 0. The van der Waals surface area contributed by atoms with Crippen LogP contribution < -0.4 is 20.1 Å². The third-order valence-corrected chi connectivity index (χ3v) is 3.50. The van der Waals surface area contributed by atoms with Gasteiger partial charge in [-0.05, 0) is 30.7 Å². The van der Waals surface area contributed by atoms with Crippen molar-refractivity contribution < 1.29 is 14.3 Å². The molecule has 5 nitrogen and oxygen atoms in total. The van der Waals surface area contributed by atoms with Gasteiger partial charge in [0.15, 0.2) is 0 Å². The molecule has 0 fully saturated rings. The van der Waals surface area contributed by atoms with Crippen molar-refractivity contribution in [3.8, 4) is 11.5 Å². The fourth-order valence-corrected chi connectivity index (χ4v) is 2.20. The zero-order valence-corrected chi connectivity index (χ0v) is 13.7. The number of methoxy groups -OCH3 is 2. The first kappa shape index (κ1) is 16.7. The number of nitrogens with one attached hydrogen (secondary N) is 2. The summed E-state index contributed by atoms with van der Waals surface area (Å²) in [5.74, 6) is 1.18. The molecule has 0 saturated heterocycles. The number of amides is 1. The topological polar surface area (TPSA) is 59.6 Å². The number of para-hydroxylation sites is 1. The second kappa shape index (κ2) is 8.08. The Balaban J connectivity index is 1.89. The number of hydrogen-bond donors (Lipinski definition) is 2. The van der Waals surface area contributed by atoms with E-state index in [1.807, 2.05) is 31.2 Å². The lowest BCUT2D eigenvalue weighted by atomic mass is 10.2. The van der Waals surface area contributed by atoms with Crippen LogP contribution in [0.1, 0.15) is 12.0 Å². The van der Waals surface area contributed by atoms with Crippen LogP contribution in [0.25, 0.3) is 0 Å². The lowest BCUT2D eigenvalue weighted by Gasteiger charge is -2.12. The quantitative estimate of drug-likeness (QED) is 0.822. The van der Waals surface area contributed by atoms with Gasteiger partial charge in [-0.25, -0.2) is 0 Å². The summed E-state index contributed by atoms with van der Waals surface area (Å²) in [6.07, 6.45) is 0.365. The summed E-state index contributed by atoms with van der Waals surface area (Å²) in [6.45, 7) is 2.60. The van der Waals surface area contributed by atoms with E-state index in [-0.39, 0.29) is 5.91 Å². The Hall–Kier alpha value is -2.69. The Morgan fingerprint density at radius 2 is 1.83 bits per heavy atom. The van der Waals surface area contributed by atoms with Gasteiger partial charge < -0.3 is 20.1 Å². The Labute approximate surface area is 136 Å². The molecule has 0 atom stereocenters. The number of carbonyl (C=O) groups is 1. The largest absolute Gasteiger partial charge is 0.497 e. The summed E-state index contributed by atoms with van der Waals surface area (Å²) in [5, 5.41) is 6.12. The molecule has 0 aliphatic rings. The molecule has 0 aliphatic heterocycles. The van der Waals surface area contributed by atoms with Crippen LogP contribution in [0.2, 0.25) is 0 Å². The average molecular weight is 314 g/mol. The Morgan fingerprint density at radius 1 is 1.04 bits per heavy atom. The highest BCUT2D eigenvalue weighted by Crippen LogP contribution is 2.29. The maximum atomic E-state index is 12.1. The Bertz CT molecular complexity index is 671. The molecule has 2 rings (SSSR count). The number of hydrogen-bond acceptors (Lipinski definition) is 4. The summed E-state index contributed by atoms with van der Waals surface area (Å²) in [5.41, 5.74) is 2.83. The number of rotatable bonds is 7. The number of aryl methyl sites for hydroxylation is 1. The van der Waals surface area contributed by atoms with Gasteiger partial charge in [-0.2, -0.15) is 0 Å². The first-order valence-corrected chi connectivity index (χ1v) is 7.45. The van der Waals surface area contributed by atoms with Gasteiger partial charge in [0.2, 0.25) is 5.91 Å². The second-order valence-corrected chi connectivity index (χ2v) is 5.11. The van der Waals surface area contributed by atoms with Crippen molar-refractivity contribution in [1.29, 1.82) is 0 Å². The lowest BCUT2D eigenvalue weighted by molar-refractivity contribution is -0.116. The monoisotopic (exact) mass is 314 g/mol. The highest BCUT2D eigenvalue weighted by molar-refractivity contribution is 5.92. The van der Waals surface area contributed by atoms with Crippen LogP contribution in [-0.4, -0.2) is 26.7 Å².